The van der Waals surface area contributed by atoms with Gasteiger partial charge in [-0.15, -0.1) is 0 Å². The first-order valence-electron chi connectivity index (χ1n) is 8.11. The highest BCUT2D eigenvalue weighted by Gasteiger charge is 2.30. The zero-order chi connectivity index (χ0) is 20.6. The van der Waals surface area contributed by atoms with Gasteiger partial charge in [0.1, 0.15) is 10.1 Å². The molecule has 0 bridgehead atoms. The number of nitrogens with one attached hydrogen (secondary N) is 1. The van der Waals surface area contributed by atoms with Crippen molar-refractivity contribution in [2.75, 3.05) is 0 Å². The van der Waals surface area contributed by atoms with Crippen LogP contribution in [-0.2, 0) is 11.0 Å². The van der Waals surface area contributed by atoms with Crippen molar-refractivity contribution in [2.24, 2.45) is 0 Å². The largest absolute Gasteiger partial charge is 0.455 e. The standard InChI is InChI=1S/C20H9F3N2O2S2/c21-20(22,23)14-3-1-2-11(6-14)4-5-12-9-24-10-13-7-15(27-17(12)13)8-16-18(26)25-19(28)29-16/h1-3,6-10H,(H,25,26,28)/b16-8-. The van der Waals surface area contributed by atoms with E-state index in [2.05, 4.69) is 22.1 Å². The maximum Gasteiger partial charge on any atom is 0.416 e. The summed E-state index contributed by atoms with van der Waals surface area (Å²) in [4.78, 5) is 16.3. The van der Waals surface area contributed by atoms with Crippen LogP contribution in [0.2, 0.25) is 0 Å². The van der Waals surface area contributed by atoms with Crippen LogP contribution in [0.5, 0.6) is 0 Å². The minimum absolute atomic E-state index is 0.221. The Morgan fingerprint density at radius 1 is 1.21 bits per heavy atom. The maximum absolute atomic E-state index is 12.8. The number of pyridine rings is 1. The van der Waals surface area contributed by atoms with Crippen LogP contribution >= 0.6 is 24.0 Å². The molecule has 0 saturated carbocycles. The molecule has 1 aromatic carbocycles. The third-order valence-corrected chi connectivity index (χ3v) is 5.05. The summed E-state index contributed by atoms with van der Waals surface area (Å²) in [6.45, 7) is 0. The zero-order valence-corrected chi connectivity index (χ0v) is 16.0. The molecule has 0 spiro atoms. The molecule has 4 rings (SSSR count). The fraction of sp³-hybridized carbons (Fsp3) is 0.0500. The number of amides is 1. The first kappa shape index (κ1) is 19.2. The first-order chi connectivity index (χ1) is 13.8. The molecule has 1 aliphatic heterocycles. The van der Waals surface area contributed by atoms with E-state index < -0.39 is 11.7 Å². The van der Waals surface area contributed by atoms with Crippen molar-refractivity contribution in [3.63, 3.8) is 0 Å². The van der Waals surface area contributed by atoms with Crippen LogP contribution in [0.3, 0.4) is 0 Å². The number of alkyl halides is 3. The summed E-state index contributed by atoms with van der Waals surface area (Å²) in [5.41, 5.74) is 0.303. The molecular formula is C20H9F3N2O2S2. The van der Waals surface area contributed by atoms with Gasteiger partial charge in [-0.1, -0.05) is 41.9 Å². The second-order valence-corrected chi connectivity index (χ2v) is 7.65. The lowest BCUT2D eigenvalue weighted by Gasteiger charge is -2.05. The van der Waals surface area contributed by atoms with Crippen molar-refractivity contribution >= 4 is 51.3 Å². The van der Waals surface area contributed by atoms with Crippen LogP contribution in [0.1, 0.15) is 22.5 Å². The summed E-state index contributed by atoms with van der Waals surface area (Å²) in [5, 5.41) is 3.17. The Kier molecular flexibility index (Phi) is 4.90. The maximum atomic E-state index is 12.8. The summed E-state index contributed by atoms with van der Waals surface area (Å²) in [6, 6.07) is 6.46. The van der Waals surface area contributed by atoms with Crippen molar-refractivity contribution in [2.45, 2.75) is 6.18 Å². The second kappa shape index (κ2) is 7.39. The lowest BCUT2D eigenvalue weighted by atomic mass is 10.1. The number of fused-ring (bicyclic) bond motifs is 1. The molecule has 9 heteroatoms. The van der Waals surface area contributed by atoms with Crippen LogP contribution in [-0.4, -0.2) is 15.2 Å². The SMILES string of the molecule is O=C1NC(=S)S/C1=C\c1cc2cncc(C#Cc3cccc(C(F)(F)F)c3)c2o1. The number of hydrogen-bond donors (Lipinski definition) is 1. The normalized spacial score (nSPS) is 15.5. The Morgan fingerprint density at radius 3 is 2.76 bits per heavy atom. The number of thiocarbonyl (C=S) groups is 1. The van der Waals surface area contributed by atoms with E-state index in [0.717, 1.165) is 23.9 Å². The highest BCUT2D eigenvalue weighted by atomic mass is 32.2. The summed E-state index contributed by atoms with van der Waals surface area (Å²) >= 11 is 6.08. The molecule has 0 radical (unpaired) electrons. The van der Waals surface area contributed by atoms with Gasteiger partial charge in [-0.2, -0.15) is 13.2 Å². The average Bonchev–Trinajstić information content (AvgIpc) is 3.22. The Bertz CT molecular complexity index is 1250. The van der Waals surface area contributed by atoms with Crippen LogP contribution in [0, 0.1) is 11.8 Å². The number of carbonyl (C=O) groups is 1. The Balaban J connectivity index is 1.69. The van der Waals surface area contributed by atoms with E-state index in [1.54, 1.807) is 18.3 Å². The van der Waals surface area contributed by atoms with E-state index in [0.29, 0.717) is 31.5 Å². The number of nitrogens with zero attached hydrogens (tertiary/aromatic N) is 1. The van der Waals surface area contributed by atoms with E-state index in [1.165, 1.54) is 18.3 Å². The highest BCUT2D eigenvalue weighted by Crippen LogP contribution is 2.30. The fourth-order valence-electron chi connectivity index (χ4n) is 2.61. The quantitative estimate of drug-likeness (QED) is 0.344. The molecule has 1 amide bonds. The molecule has 2 aromatic heterocycles. The number of thioether (sulfide) groups is 1. The average molecular weight is 430 g/mol. The predicted octanol–water partition coefficient (Wildman–Crippen LogP) is 4.74. The van der Waals surface area contributed by atoms with Crippen LogP contribution in [0.15, 0.2) is 52.0 Å². The molecule has 0 atom stereocenters. The van der Waals surface area contributed by atoms with Crippen LogP contribution < -0.4 is 5.32 Å². The molecular weight excluding hydrogens is 421 g/mol. The number of benzene rings is 1. The first-order valence-corrected chi connectivity index (χ1v) is 9.34. The van der Waals surface area contributed by atoms with Crippen molar-refractivity contribution in [1.82, 2.24) is 10.3 Å². The van der Waals surface area contributed by atoms with E-state index in [-0.39, 0.29) is 11.5 Å². The number of carbonyl (C=O) groups excluding carboxylic acids is 1. The molecule has 144 valence electrons. The third kappa shape index (κ3) is 4.18. The third-order valence-electron chi connectivity index (χ3n) is 3.89. The van der Waals surface area contributed by atoms with Crippen molar-refractivity contribution < 1.29 is 22.4 Å². The molecule has 4 nitrogen and oxygen atoms in total. The zero-order valence-electron chi connectivity index (χ0n) is 14.3. The van der Waals surface area contributed by atoms with Crippen LogP contribution in [0.4, 0.5) is 13.2 Å². The van der Waals surface area contributed by atoms with Gasteiger partial charge in [0.15, 0.2) is 5.58 Å². The number of furan rings is 1. The summed E-state index contributed by atoms with van der Waals surface area (Å²) in [6.07, 6.45) is 0.164. The smallest absolute Gasteiger partial charge is 0.416 e. The van der Waals surface area contributed by atoms with E-state index in [4.69, 9.17) is 16.6 Å². The number of rotatable bonds is 1. The second-order valence-electron chi connectivity index (χ2n) is 5.93. The number of aromatic nitrogens is 1. The molecule has 3 heterocycles. The Hall–Kier alpha value is -3.09. The van der Waals surface area contributed by atoms with E-state index in [9.17, 15) is 18.0 Å². The molecule has 1 saturated heterocycles. The fourth-order valence-corrected chi connectivity index (χ4v) is 3.63. The monoisotopic (exact) mass is 430 g/mol. The van der Waals surface area contributed by atoms with Gasteiger partial charge >= 0.3 is 6.18 Å². The van der Waals surface area contributed by atoms with Crippen molar-refractivity contribution in [1.29, 1.82) is 0 Å². The van der Waals surface area contributed by atoms with E-state index in [1.807, 2.05) is 0 Å². The van der Waals surface area contributed by atoms with Gasteiger partial charge in [-0.25, -0.2) is 0 Å². The predicted molar refractivity (Wildman–Crippen MR) is 108 cm³/mol. The highest BCUT2D eigenvalue weighted by molar-refractivity contribution is 8.26. The van der Waals surface area contributed by atoms with Crippen LogP contribution in [0.25, 0.3) is 17.0 Å². The molecule has 29 heavy (non-hydrogen) atoms. The van der Waals surface area contributed by atoms with Gasteiger partial charge in [0, 0.05) is 29.4 Å². The molecule has 3 aromatic rings. The summed E-state index contributed by atoms with van der Waals surface area (Å²) in [5.74, 6) is 5.63. The van der Waals surface area contributed by atoms with Gasteiger partial charge in [0.2, 0.25) is 0 Å². The molecule has 1 N–H and O–H groups in total. The minimum atomic E-state index is -4.43. The van der Waals surface area contributed by atoms with E-state index >= 15 is 0 Å². The van der Waals surface area contributed by atoms with Gasteiger partial charge in [0.25, 0.3) is 5.91 Å². The molecule has 0 unspecified atom stereocenters. The lowest BCUT2D eigenvalue weighted by molar-refractivity contribution is -0.137. The molecule has 1 fully saturated rings. The lowest BCUT2D eigenvalue weighted by Crippen LogP contribution is -2.17. The Morgan fingerprint density at radius 2 is 2.03 bits per heavy atom. The summed E-state index contributed by atoms with van der Waals surface area (Å²) in [7, 11) is 0. The van der Waals surface area contributed by atoms with Gasteiger partial charge < -0.3 is 9.73 Å². The molecule has 0 aliphatic carbocycles. The topological polar surface area (TPSA) is 55.1 Å². The molecule has 1 aliphatic rings. The Labute approximate surface area is 172 Å². The van der Waals surface area contributed by atoms with Gasteiger partial charge in [0.05, 0.1) is 16.0 Å². The van der Waals surface area contributed by atoms with Gasteiger partial charge in [-0.05, 0) is 24.3 Å². The number of hydrogen-bond acceptors (Lipinski definition) is 5. The van der Waals surface area contributed by atoms with Crippen molar-refractivity contribution in [3.05, 3.63) is 70.1 Å². The number of halogens is 3. The summed E-state index contributed by atoms with van der Waals surface area (Å²) < 4.78 is 44.7. The minimum Gasteiger partial charge on any atom is -0.455 e. The van der Waals surface area contributed by atoms with Gasteiger partial charge in [-0.3, -0.25) is 9.78 Å². The van der Waals surface area contributed by atoms with Crippen molar-refractivity contribution in [3.8, 4) is 11.8 Å².